The molecule has 0 saturated carbocycles. The van der Waals surface area contributed by atoms with Gasteiger partial charge >= 0.3 is 12.2 Å². The normalized spacial score (nSPS) is 7.56. The summed E-state index contributed by atoms with van der Waals surface area (Å²) >= 11 is 0. The molecule has 0 bridgehead atoms. The molecule has 2 amide bonds. The Morgan fingerprint density at radius 2 is 1.44 bits per heavy atom. The minimum absolute atomic E-state index is 1.08. The number of hydrogen-bond donors (Lipinski definition) is 0. The van der Waals surface area contributed by atoms with Gasteiger partial charge in [-0.25, -0.2) is 9.59 Å². The van der Waals surface area contributed by atoms with Crippen molar-refractivity contribution in [2.45, 2.75) is 0 Å². The van der Waals surface area contributed by atoms with Crippen LogP contribution in [0.1, 0.15) is 0 Å². The first-order chi connectivity index (χ1) is 4.20. The Balaban J connectivity index is 3.73. The molecule has 48 valence electrons. The summed E-state index contributed by atoms with van der Waals surface area (Å²) in [5.41, 5.74) is 0. The lowest BCUT2D eigenvalue weighted by atomic mass is 11.1. The first-order valence-electron chi connectivity index (χ1n) is 1.90. The number of rotatable bonds is 0. The van der Waals surface area contributed by atoms with Gasteiger partial charge in [0, 0.05) is 0 Å². The Kier molecular flexibility index (Phi) is 2.89. The van der Waals surface area contributed by atoms with E-state index in [0.29, 0.717) is 0 Å². The lowest BCUT2D eigenvalue weighted by Crippen LogP contribution is -2.02. The van der Waals surface area contributed by atoms with Crippen molar-refractivity contribution in [3.8, 4) is 0 Å². The van der Waals surface area contributed by atoms with E-state index in [-0.39, 0.29) is 0 Å². The van der Waals surface area contributed by atoms with Gasteiger partial charge in [-0.05, 0) is 13.4 Å². The molecule has 0 unspecified atom stereocenters. The van der Waals surface area contributed by atoms with Crippen molar-refractivity contribution in [1.29, 1.82) is 0 Å². The van der Waals surface area contributed by atoms with Crippen molar-refractivity contribution in [3.05, 3.63) is 0 Å². The maximum absolute atomic E-state index is 10.0. The quantitative estimate of drug-likeness (QED) is 0.355. The molecule has 0 radical (unpaired) electrons. The molecule has 0 saturated heterocycles. The number of nitrogens with zero attached hydrogens (tertiary/aromatic N) is 2. The Hall–Kier alpha value is -1.52. The van der Waals surface area contributed by atoms with Crippen molar-refractivity contribution in [3.63, 3.8) is 0 Å². The summed E-state index contributed by atoms with van der Waals surface area (Å²) in [6.45, 7) is 5.62. The SMILES string of the molecule is C=NC(=O)OC(=O)N=C. The average molecular weight is 128 g/mol. The van der Waals surface area contributed by atoms with E-state index in [4.69, 9.17) is 0 Å². The molecule has 9 heavy (non-hydrogen) atoms. The third-order valence-corrected chi connectivity index (χ3v) is 0.433. The molecule has 0 fully saturated rings. The molecular weight excluding hydrogens is 124 g/mol. The minimum Gasteiger partial charge on any atom is -0.356 e. The molecule has 0 atom stereocenters. The number of hydrogen-bond acceptors (Lipinski definition) is 3. The molecule has 0 heterocycles. The van der Waals surface area contributed by atoms with Crippen LogP contribution in [0.4, 0.5) is 9.59 Å². The van der Waals surface area contributed by atoms with E-state index in [2.05, 4.69) is 28.2 Å². The number of aliphatic imine (C=N–C) groups is 2. The first-order valence-corrected chi connectivity index (χ1v) is 1.90. The Bertz CT molecular complexity index is 145. The molecular formula is C4H4N2O3. The van der Waals surface area contributed by atoms with Crippen LogP contribution in [0.3, 0.4) is 0 Å². The van der Waals surface area contributed by atoms with Gasteiger partial charge in [-0.15, -0.1) is 0 Å². The highest BCUT2D eigenvalue weighted by Gasteiger charge is 2.02. The van der Waals surface area contributed by atoms with E-state index in [0.717, 1.165) is 0 Å². The molecule has 0 aromatic rings. The van der Waals surface area contributed by atoms with E-state index in [1.54, 1.807) is 0 Å². The minimum atomic E-state index is -1.08. The summed E-state index contributed by atoms with van der Waals surface area (Å²) < 4.78 is 3.81. The zero-order chi connectivity index (χ0) is 7.28. The molecule has 0 spiro atoms. The van der Waals surface area contributed by atoms with Crippen LogP contribution in [0.15, 0.2) is 9.98 Å². The number of ether oxygens (including phenoxy) is 1. The van der Waals surface area contributed by atoms with Crippen LogP contribution in [0.5, 0.6) is 0 Å². The van der Waals surface area contributed by atoms with Gasteiger partial charge in [0.25, 0.3) is 0 Å². The Morgan fingerprint density at radius 1 is 1.11 bits per heavy atom. The van der Waals surface area contributed by atoms with Gasteiger partial charge in [0.05, 0.1) is 0 Å². The van der Waals surface area contributed by atoms with Crippen LogP contribution in [0.25, 0.3) is 0 Å². The number of carbonyl (C=O) groups excluding carboxylic acids is 2. The van der Waals surface area contributed by atoms with Crippen LogP contribution in [0.2, 0.25) is 0 Å². The molecule has 0 aliphatic heterocycles. The highest BCUT2D eigenvalue weighted by atomic mass is 16.6. The van der Waals surface area contributed by atoms with E-state index in [1.807, 2.05) is 0 Å². The molecule has 0 aromatic carbocycles. The number of amides is 2. The Morgan fingerprint density at radius 3 is 1.67 bits per heavy atom. The molecule has 5 nitrogen and oxygen atoms in total. The first kappa shape index (κ1) is 7.48. The predicted molar refractivity (Wildman–Crippen MR) is 31.0 cm³/mol. The molecule has 0 aromatic heterocycles. The molecule has 0 N–H and O–H groups in total. The topological polar surface area (TPSA) is 68.1 Å². The van der Waals surface area contributed by atoms with Crippen molar-refractivity contribution < 1.29 is 14.3 Å². The zero-order valence-corrected chi connectivity index (χ0v) is 4.53. The van der Waals surface area contributed by atoms with Gasteiger partial charge in [-0.1, -0.05) is 0 Å². The van der Waals surface area contributed by atoms with Crippen molar-refractivity contribution in [1.82, 2.24) is 0 Å². The number of carbonyl (C=O) groups is 2. The van der Waals surface area contributed by atoms with E-state index < -0.39 is 12.2 Å². The van der Waals surface area contributed by atoms with Gasteiger partial charge in [0.2, 0.25) is 0 Å². The standard InChI is InChI=1S/C4H4N2O3/c1-5-3(7)9-4(8)6-2/h1-2H2. The summed E-state index contributed by atoms with van der Waals surface area (Å²) in [6, 6.07) is 0. The fourth-order valence-corrected chi connectivity index (χ4v) is 0.139. The van der Waals surface area contributed by atoms with Crippen molar-refractivity contribution >= 4 is 25.6 Å². The van der Waals surface area contributed by atoms with Crippen LogP contribution < -0.4 is 0 Å². The van der Waals surface area contributed by atoms with Crippen molar-refractivity contribution in [2.24, 2.45) is 9.98 Å². The molecule has 5 heteroatoms. The second kappa shape index (κ2) is 3.48. The lowest BCUT2D eigenvalue weighted by Gasteiger charge is -1.88. The smallest absolute Gasteiger partial charge is 0.356 e. The molecule has 0 rings (SSSR count). The van der Waals surface area contributed by atoms with Crippen LogP contribution in [-0.4, -0.2) is 25.6 Å². The van der Waals surface area contributed by atoms with Gasteiger partial charge in [0.1, 0.15) is 0 Å². The Labute approximate surface area is 51.1 Å². The van der Waals surface area contributed by atoms with Crippen LogP contribution in [-0.2, 0) is 4.74 Å². The van der Waals surface area contributed by atoms with Crippen LogP contribution >= 0.6 is 0 Å². The largest absolute Gasteiger partial charge is 0.442 e. The second-order valence-electron chi connectivity index (χ2n) is 0.950. The van der Waals surface area contributed by atoms with Gasteiger partial charge in [0.15, 0.2) is 0 Å². The third-order valence-electron chi connectivity index (χ3n) is 0.433. The van der Waals surface area contributed by atoms with E-state index in [9.17, 15) is 9.59 Å². The summed E-state index contributed by atoms with van der Waals surface area (Å²) in [7, 11) is 0. The highest BCUT2D eigenvalue weighted by Crippen LogP contribution is 1.85. The maximum atomic E-state index is 10.0. The predicted octanol–water partition coefficient (Wildman–Crippen LogP) is 0.644. The van der Waals surface area contributed by atoms with Gasteiger partial charge in [-0.3, -0.25) is 0 Å². The fraction of sp³-hybridized carbons (Fsp3) is 0. The van der Waals surface area contributed by atoms with Crippen molar-refractivity contribution in [2.75, 3.05) is 0 Å². The summed E-state index contributed by atoms with van der Waals surface area (Å²) in [6.07, 6.45) is -2.15. The summed E-state index contributed by atoms with van der Waals surface area (Å²) in [5.74, 6) is 0. The van der Waals surface area contributed by atoms with Gasteiger partial charge < -0.3 is 4.74 Å². The summed E-state index contributed by atoms with van der Waals surface area (Å²) in [4.78, 5) is 25.6. The highest BCUT2D eigenvalue weighted by molar-refractivity contribution is 5.87. The lowest BCUT2D eigenvalue weighted by molar-refractivity contribution is 0.165. The van der Waals surface area contributed by atoms with Crippen LogP contribution in [0, 0.1) is 0 Å². The zero-order valence-electron chi connectivity index (χ0n) is 4.53. The maximum Gasteiger partial charge on any atom is 0.442 e. The monoisotopic (exact) mass is 128 g/mol. The van der Waals surface area contributed by atoms with Gasteiger partial charge in [-0.2, -0.15) is 9.98 Å². The summed E-state index contributed by atoms with van der Waals surface area (Å²) in [5, 5.41) is 0. The second-order valence-corrected chi connectivity index (χ2v) is 0.950. The molecule has 0 aliphatic carbocycles. The van der Waals surface area contributed by atoms with E-state index in [1.165, 1.54) is 0 Å². The third kappa shape index (κ3) is 3.10. The fourth-order valence-electron chi connectivity index (χ4n) is 0.139. The average Bonchev–Trinajstić information content (AvgIpc) is 1.87. The molecule has 0 aliphatic rings. The van der Waals surface area contributed by atoms with E-state index >= 15 is 0 Å².